The highest BCUT2D eigenvalue weighted by molar-refractivity contribution is 5.85. The van der Waals surface area contributed by atoms with E-state index < -0.39 is 0 Å². The number of carbonyl (C=O) groups excluding carboxylic acids is 1. The van der Waals surface area contributed by atoms with Gasteiger partial charge in [-0.25, -0.2) is 0 Å². The molecule has 0 unspecified atom stereocenters. The second-order valence-electron chi connectivity index (χ2n) is 4.14. The van der Waals surface area contributed by atoms with Crippen LogP contribution in [0.25, 0.3) is 0 Å². The standard InChI is InChI=1S/C14H22N2O2.ClH/c1-2-10-18-12-14(17)16(9-8-15)11-13-6-4-3-5-7-13;/h3-7H,2,8-12,15H2,1H3;1H. The molecule has 5 heteroatoms. The van der Waals surface area contributed by atoms with Gasteiger partial charge in [0.05, 0.1) is 0 Å². The molecule has 0 fully saturated rings. The number of carbonyl (C=O) groups is 1. The summed E-state index contributed by atoms with van der Waals surface area (Å²) in [6.45, 7) is 4.39. The summed E-state index contributed by atoms with van der Waals surface area (Å²) >= 11 is 0. The Morgan fingerprint density at radius 2 is 2.00 bits per heavy atom. The summed E-state index contributed by atoms with van der Waals surface area (Å²) in [5, 5.41) is 0. The van der Waals surface area contributed by atoms with Crippen LogP contribution < -0.4 is 5.73 Å². The van der Waals surface area contributed by atoms with Crippen molar-refractivity contribution in [3.8, 4) is 0 Å². The number of amides is 1. The van der Waals surface area contributed by atoms with Crippen LogP contribution in [0.1, 0.15) is 18.9 Å². The maximum absolute atomic E-state index is 12.0. The number of hydrogen-bond acceptors (Lipinski definition) is 3. The van der Waals surface area contributed by atoms with E-state index in [-0.39, 0.29) is 24.9 Å². The minimum Gasteiger partial charge on any atom is -0.372 e. The molecule has 0 aromatic heterocycles. The smallest absolute Gasteiger partial charge is 0.248 e. The lowest BCUT2D eigenvalue weighted by atomic mass is 10.2. The predicted molar refractivity (Wildman–Crippen MR) is 79.3 cm³/mol. The molecule has 0 bridgehead atoms. The number of nitrogens with zero attached hydrogens (tertiary/aromatic N) is 1. The summed E-state index contributed by atoms with van der Waals surface area (Å²) < 4.78 is 5.28. The van der Waals surface area contributed by atoms with E-state index in [9.17, 15) is 4.79 Å². The first kappa shape index (κ1) is 17.9. The monoisotopic (exact) mass is 286 g/mol. The first-order valence-corrected chi connectivity index (χ1v) is 6.37. The molecule has 0 aliphatic rings. The minimum atomic E-state index is -0.00208. The van der Waals surface area contributed by atoms with Gasteiger partial charge in [0, 0.05) is 26.2 Å². The van der Waals surface area contributed by atoms with Crippen LogP contribution in [-0.2, 0) is 16.1 Å². The lowest BCUT2D eigenvalue weighted by Crippen LogP contribution is -2.37. The lowest BCUT2D eigenvalue weighted by molar-refractivity contribution is -0.136. The number of benzene rings is 1. The number of nitrogens with two attached hydrogens (primary N) is 1. The number of rotatable bonds is 8. The highest BCUT2D eigenvalue weighted by atomic mass is 35.5. The van der Waals surface area contributed by atoms with Gasteiger partial charge < -0.3 is 15.4 Å². The first-order valence-electron chi connectivity index (χ1n) is 6.37. The van der Waals surface area contributed by atoms with E-state index in [0.29, 0.717) is 26.2 Å². The SMILES string of the molecule is CCCOCC(=O)N(CCN)Cc1ccccc1.Cl. The average Bonchev–Trinajstić information content (AvgIpc) is 2.39. The Balaban J connectivity index is 0.00000324. The minimum absolute atomic E-state index is 0. The van der Waals surface area contributed by atoms with Gasteiger partial charge in [-0.15, -0.1) is 12.4 Å². The van der Waals surface area contributed by atoms with Crippen LogP contribution in [-0.4, -0.2) is 37.1 Å². The average molecular weight is 287 g/mol. The van der Waals surface area contributed by atoms with Crippen LogP contribution in [0.4, 0.5) is 0 Å². The summed E-state index contributed by atoms with van der Waals surface area (Å²) in [6, 6.07) is 9.90. The van der Waals surface area contributed by atoms with Crippen molar-refractivity contribution in [2.45, 2.75) is 19.9 Å². The van der Waals surface area contributed by atoms with Crippen molar-refractivity contribution in [3.63, 3.8) is 0 Å². The maximum Gasteiger partial charge on any atom is 0.248 e. The fourth-order valence-electron chi connectivity index (χ4n) is 1.65. The van der Waals surface area contributed by atoms with Crippen LogP contribution in [0, 0.1) is 0 Å². The normalized spacial score (nSPS) is 9.79. The molecule has 0 saturated carbocycles. The molecule has 4 nitrogen and oxygen atoms in total. The third kappa shape index (κ3) is 7.15. The van der Waals surface area contributed by atoms with Crippen molar-refractivity contribution >= 4 is 18.3 Å². The Kier molecular flexibility index (Phi) is 10.2. The predicted octanol–water partition coefficient (Wildman–Crippen LogP) is 1.82. The van der Waals surface area contributed by atoms with E-state index in [1.807, 2.05) is 37.3 Å². The van der Waals surface area contributed by atoms with Crippen LogP contribution in [0.3, 0.4) is 0 Å². The van der Waals surface area contributed by atoms with Crippen molar-refractivity contribution in [2.75, 3.05) is 26.3 Å². The van der Waals surface area contributed by atoms with Gasteiger partial charge in [-0.05, 0) is 12.0 Å². The topological polar surface area (TPSA) is 55.6 Å². The Morgan fingerprint density at radius 3 is 2.58 bits per heavy atom. The second kappa shape index (κ2) is 10.8. The van der Waals surface area contributed by atoms with Crippen LogP contribution in [0.5, 0.6) is 0 Å². The molecule has 108 valence electrons. The largest absolute Gasteiger partial charge is 0.372 e. The summed E-state index contributed by atoms with van der Waals surface area (Å²) in [5.41, 5.74) is 6.65. The molecule has 0 saturated heterocycles. The molecule has 0 radical (unpaired) electrons. The Bertz CT molecular complexity index is 347. The van der Waals surface area contributed by atoms with Crippen molar-refractivity contribution in [2.24, 2.45) is 5.73 Å². The highest BCUT2D eigenvalue weighted by Gasteiger charge is 2.12. The van der Waals surface area contributed by atoms with E-state index in [1.54, 1.807) is 4.90 Å². The lowest BCUT2D eigenvalue weighted by Gasteiger charge is -2.22. The summed E-state index contributed by atoms with van der Waals surface area (Å²) in [5.74, 6) is -0.00208. The molecule has 2 N–H and O–H groups in total. The molecule has 19 heavy (non-hydrogen) atoms. The Hall–Kier alpha value is -1.10. The molecular formula is C14H23ClN2O2. The van der Waals surface area contributed by atoms with E-state index in [0.717, 1.165) is 12.0 Å². The number of hydrogen-bond donors (Lipinski definition) is 1. The molecule has 0 atom stereocenters. The Labute approximate surface area is 121 Å². The van der Waals surface area contributed by atoms with Gasteiger partial charge in [-0.1, -0.05) is 37.3 Å². The molecule has 1 aromatic carbocycles. The van der Waals surface area contributed by atoms with Gasteiger partial charge >= 0.3 is 0 Å². The summed E-state index contributed by atoms with van der Waals surface area (Å²) in [7, 11) is 0. The van der Waals surface area contributed by atoms with Crippen molar-refractivity contribution in [1.82, 2.24) is 4.90 Å². The molecule has 0 heterocycles. The van der Waals surface area contributed by atoms with Crippen molar-refractivity contribution in [1.29, 1.82) is 0 Å². The third-order valence-corrected chi connectivity index (χ3v) is 2.54. The highest BCUT2D eigenvalue weighted by Crippen LogP contribution is 2.04. The molecule has 1 rings (SSSR count). The first-order chi connectivity index (χ1) is 8.77. The third-order valence-electron chi connectivity index (χ3n) is 2.54. The van der Waals surface area contributed by atoms with Gasteiger partial charge in [-0.3, -0.25) is 4.79 Å². The zero-order chi connectivity index (χ0) is 13.2. The van der Waals surface area contributed by atoms with Gasteiger partial charge in [0.25, 0.3) is 0 Å². The van der Waals surface area contributed by atoms with Crippen molar-refractivity contribution < 1.29 is 9.53 Å². The van der Waals surface area contributed by atoms with E-state index in [4.69, 9.17) is 10.5 Å². The molecule has 0 spiro atoms. The molecule has 1 amide bonds. The zero-order valence-corrected chi connectivity index (χ0v) is 12.2. The van der Waals surface area contributed by atoms with Crippen LogP contribution >= 0.6 is 12.4 Å². The van der Waals surface area contributed by atoms with Crippen LogP contribution in [0.15, 0.2) is 30.3 Å². The van der Waals surface area contributed by atoms with Crippen molar-refractivity contribution in [3.05, 3.63) is 35.9 Å². The van der Waals surface area contributed by atoms with E-state index in [1.165, 1.54) is 0 Å². The number of halogens is 1. The second-order valence-corrected chi connectivity index (χ2v) is 4.14. The van der Waals surface area contributed by atoms with E-state index in [2.05, 4.69) is 0 Å². The Morgan fingerprint density at radius 1 is 1.32 bits per heavy atom. The molecule has 0 aliphatic carbocycles. The van der Waals surface area contributed by atoms with Gasteiger partial charge in [0.2, 0.25) is 5.91 Å². The van der Waals surface area contributed by atoms with E-state index >= 15 is 0 Å². The molecule has 1 aromatic rings. The summed E-state index contributed by atoms with van der Waals surface area (Å²) in [6.07, 6.45) is 0.919. The fraction of sp³-hybridized carbons (Fsp3) is 0.500. The molecule has 0 aliphatic heterocycles. The van der Waals surface area contributed by atoms with Crippen LogP contribution in [0.2, 0.25) is 0 Å². The van der Waals surface area contributed by atoms with Gasteiger partial charge in [-0.2, -0.15) is 0 Å². The van der Waals surface area contributed by atoms with Gasteiger partial charge in [0.15, 0.2) is 0 Å². The maximum atomic E-state index is 12.0. The zero-order valence-electron chi connectivity index (χ0n) is 11.4. The quantitative estimate of drug-likeness (QED) is 0.742. The van der Waals surface area contributed by atoms with Gasteiger partial charge in [0.1, 0.15) is 6.61 Å². The summed E-state index contributed by atoms with van der Waals surface area (Å²) in [4.78, 5) is 13.7. The number of ether oxygens (including phenoxy) is 1. The molecular weight excluding hydrogens is 264 g/mol. The fourth-order valence-corrected chi connectivity index (χ4v) is 1.65.